The molecule has 1 heterocycles. The molecule has 1 saturated heterocycles. The fraction of sp³-hybridized carbons (Fsp3) is 0.417. The Bertz CT molecular complexity index is 360. The fourth-order valence-electron chi connectivity index (χ4n) is 2.39. The van der Waals surface area contributed by atoms with Gasteiger partial charge in [-0.15, -0.1) is 0 Å². The maximum absolute atomic E-state index is 12.0. The number of carbonyl (C=O) groups is 1. The molecule has 2 nitrogen and oxygen atoms in total. The van der Waals surface area contributed by atoms with Crippen LogP contribution in [-0.4, -0.2) is 23.4 Å². The van der Waals surface area contributed by atoms with Gasteiger partial charge in [-0.3, -0.25) is 4.79 Å². The lowest BCUT2D eigenvalue weighted by molar-refractivity contribution is 0.0768. The lowest BCUT2D eigenvalue weighted by atomic mass is 10.2. The maximum Gasteiger partial charge on any atom is 0.254 e. The second kappa shape index (κ2) is 2.84. The fourth-order valence-corrected chi connectivity index (χ4v) is 2.39. The Morgan fingerprint density at radius 1 is 1.29 bits per heavy atom. The average Bonchev–Trinajstić information content (AvgIpc) is 2.91. The van der Waals surface area contributed by atoms with Gasteiger partial charge in [0.25, 0.3) is 5.91 Å². The van der Waals surface area contributed by atoms with E-state index in [1.807, 2.05) is 35.2 Å². The van der Waals surface area contributed by atoms with Crippen LogP contribution in [0.5, 0.6) is 0 Å². The Hall–Kier alpha value is -1.31. The van der Waals surface area contributed by atoms with Crippen LogP contribution in [0, 0.1) is 5.92 Å². The van der Waals surface area contributed by atoms with Crippen LogP contribution in [0.25, 0.3) is 0 Å². The molecule has 1 aliphatic carbocycles. The zero-order valence-electron chi connectivity index (χ0n) is 8.02. The Kier molecular flexibility index (Phi) is 1.63. The van der Waals surface area contributed by atoms with Gasteiger partial charge in [0.2, 0.25) is 0 Å². The van der Waals surface area contributed by atoms with Crippen LogP contribution in [-0.2, 0) is 0 Å². The molecule has 1 aromatic rings. The molecule has 0 spiro atoms. The van der Waals surface area contributed by atoms with E-state index in [4.69, 9.17) is 0 Å². The van der Waals surface area contributed by atoms with E-state index in [-0.39, 0.29) is 5.91 Å². The molecule has 72 valence electrons. The molecular formula is C12H13NO. The summed E-state index contributed by atoms with van der Waals surface area (Å²) in [5.41, 5.74) is 0.833. The molecule has 0 aromatic heterocycles. The summed E-state index contributed by atoms with van der Waals surface area (Å²) >= 11 is 0. The van der Waals surface area contributed by atoms with Crippen LogP contribution in [0.4, 0.5) is 0 Å². The van der Waals surface area contributed by atoms with E-state index in [0.29, 0.717) is 6.04 Å². The summed E-state index contributed by atoms with van der Waals surface area (Å²) in [6.07, 6.45) is 2.45. The van der Waals surface area contributed by atoms with Gasteiger partial charge in [-0.2, -0.15) is 0 Å². The van der Waals surface area contributed by atoms with Crippen molar-refractivity contribution in [1.82, 2.24) is 4.90 Å². The van der Waals surface area contributed by atoms with E-state index in [9.17, 15) is 4.79 Å². The van der Waals surface area contributed by atoms with Crippen LogP contribution < -0.4 is 0 Å². The van der Waals surface area contributed by atoms with Gasteiger partial charge < -0.3 is 4.90 Å². The van der Waals surface area contributed by atoms with Gasteiger partial charge in [0.15, 0.2) is 0 Å². The molecule has 14 heavy (non-hydrogen) atoms. The molecule has 0 N–H and O–H groups in total. The first-order valence-electron chi connectivity index (χ1n) is 5.22. The van der Waals surface area contributed by atoms with Crippen LogP contribution in [0.15, 0.2) is 30.3 Å². The molecule has 1 saturated carbocycles. The quantitative estimate of drug-likeness (QED) is 0.657. The summed E-state index contributed by atoms with van der Waals surface area (Å²) in [7, 11) is 0. The average molecular weight is 187 g/mol. The van der Waals surface area contributed by atoms with E-state index in [2.05, 4.69) is 0 Å². The minimum absolute atomic E-state index is 0.218. The Labute approximate surface area is 83.5 Å². The monoisotopic (exact) mass is 187 g/mol. The van der Waals surface area contributed by atoms with Gasteiger partial charge in [0.1, 0.15) is 0 Å². The number of likely N-dealkylation sites (tertiary alicyclic amines) is 1. The molecule has 1 aromatic carbocycles. The maximum atomic E-state index is 12.0. The second-order valence-corrected chi connectivity index (χ2v) is 4.22. The number of hydrogen-bond donors (Lipinski definition) is 0. The first-order chi connectivity index (χ1) is 6.86. The molecule has 2 atom stereocenters. The number of amides is 1. The highest BCUT2D eigenvalue weighted by Crippen LogP contribution is 2.44. The van der Waals surface area contributed by atoms with Gasteiger partial charge in [-0.05, 0) is 30.9 Å². The number of piperidine rings is 1. The topological polar surface area (TPSA) is 20.3 Å². The van der Waals surface area contributed by atoms with E-state index in [1.54, 1.807) is 0 Å². The highest BCUT2D eigenvalue weighted by Gasteiger charge is 2.48. The van der Waals surface area contributed by atoms with Crippen molar-refractivity contribution in [3.63, 3.8) is 0 Å². The SMILES string of the molecule is O=C(c1ccccc1)N1CCC2CC21. The Balaban J connectivity index is 1.82. The third kappa shape index (κ3) is 1.14. The van der Waals surface area contributed by atoms with Crippen molar-refractivity contribution in [2.24, 2.45) is 5.92 Å². The predicted octanol–water partition coefficient (Wildman–Crippen LogP) is 1.92. The molecule has 2 aliphatic rings. The first kappa shape index (κ1) is 8.04. The molecule has 2 unspecified atom stereocenters. The van der Waals surface area contributed by atoms with Crippen molar-refractivity contribution in [1.29, 1.82) is 0 Å². The van der Waals surface area contributed by atoms with E-state index in [1.165, 1.54) is 12.8 Å². The zero-order chi connectivity index (χ0) is 9.54. The third-order valence-corrected chi connectivity index (χ3v) is 3.31. The summed E-state index contributed by atoms with van der Waals surface area (Å²) in [5, 5.41) is 0. The van der Waals surface area contributed by atoms with Crippen molar-refractivity contribution in [2.75, 3.05) is 6.54 Å². The number of rotatable bonds is 1. The largest absolute Gasteiger partial charge is 0.335 e. The number of nitrogens with zero attached hydrogens (tertiary/aromatic N) is 1. The second-order valence-electron chi connectivity index (χ2n) is 4.22. The minimum Gasteiger partial charge on any atom is -0.335 e. The van der Waals surface area contributed by atoms with E-state index < -0.39 is 0 Å². The first-order valence-corrected chi connectivity index (χ1v) is 5.22. The normalized spacial score (nSPS) is 28.7. The molecule has 3 rings (SSSR count). The van der Waals surface area contributed by atoms with Gasteiger partial charge in [0, 0.05) is 18.2 Å². The number of carbonyl (C=O) groups excluding carboxylic acids is 1. The van der Waals surface area contributed by atoms with Gasteiger partial charge >= 0.3 is 0 Å². The number of fused-ring (bicyclic) bond motifs is 1. The number of hydrogen-bond acceptors (Lipinski definition) is 1. The molecular weight excluding hydrogens is 174 g/mol. The van der Waals surface area contributed by atoms with Crippen LogP contribution in [0.1, 0.15) is 23.2 Å². The van der Waals surface area contributed by atoms with Crippen molar-refractivity contribution in [2.45, 2.75) is 18.9 Å². The van der Waals surface area contributed by atoms with Gasteiger partial charge in [0.05, 0.1) is 0 Å². The Morgan fingerprint density at radius 2 is 2.07 bits per heavy atom. The minimum atomic E-state index is 0.218. The lowest BCUT2D eigenvalue weighted by Gasteiger charge is -2.17. The summed E-state index contributed by atoms with van der Waals surface area (Å²) in [6.45, 7) is 0.961. The molecule has 2 fully saturated rings. The predicted molar refractivity (Wildman–Crippen MR) is 54.0 cm³/mol. The summed E-state index contributed by atoms with van der Waals surface area (Å²) in [5.74, 6) is 1.04. The van der Waals surface area contributed by atoms with Gasteiger partial charge in [-0.1, -0.05) is 18.2 Å². The van der Waals surface area contributed by atoms with Crippen molar-refractivity contribution < 1.29 is 4.79 Å². The standard InChI is InChI=1S/C12H13NO/c14-12(9-4-2-1-3-5-9)13-7-6-10-8-11(10)13/h1-5,10-11H,6-8H2. The van der Waals surface area contributed by atoms with Crippen LogP contribution >= 0.6 is 0 Å². The molecule has 0 bridgehead atoms. The highest BCUT2D eigenvalue weighted by molar-refractivity contribution is 5.94. The molecule has 0 radical (unpaired) electrons. The number of benzene rings is 1. The summed E-state index contributed by atoms with van der Waals surface area (Å²) in [6, 6.07) is 10.2. The molecule has 1 aliphatic heterocycles. The summed E-state index contributed by atoms with van der Waals surface area (Å²) < 4.78 is 0. The molecule has 1 amide bonds. The van der Waals surface area contributed by atoms with Crippen LogP contribution in [0.2, 0.25) is 0 Å². The van der Waals surface area contributed by atoms with E-state index >= 15 is 0 Å². The zero-order valence-corrected chi connectivity index (χ0v) is 8.02. The van der Waals surface area contributed by atoms with Crippen LogP contribution in [0.3, 0.4) is 0 Å². The van der Waals surface area contributed by atoms with Crippen molar-refractivity contribution >= 4 is 5.91 Å². The third-order valence-electron chi connectivity index (χ3n) is 3.31. The van der Waals surface area contributed by atoms with E-state index in [0.717, 1.165) is 18.0 Å². The molecule has 2 heteroatoms. The lowest BCUT2D eigenvalue weighted by Crippen LogP contribution is -2.30. The highest BCUT2D eigenvalue weighted by atomic mass is 16.2. The smallest absolute Gasteiger partial charge is 0.254 e. The Morgan fingerprint density at radius 3 is 2.64 bits per heavy atom. The van der Waals surface area contributed by atoms with Gasteiger partial charge in [-0.25, -0.2) is 0 Å². The van der Waals surface area contributed by atoms with Crippen molar-refractivity contribution in [3.8, 4) is 0 Å². The summed E-state index contributed by atoms with van der Waals surface area (Å²) in [4.78, 5) is 14.1. The van der Waals surface area contributed by atoms with Crippen molar-refractivity contribution in [3.05, 3.63) is 35.9 Å².